The molecular formula is C21H13F3N2O3S. The van der Waals surface area contributed by atoms with Crippen LogP contribution >= 0.6 is 11.8 Å². The number of hydrogen-bond donors (Lipinski definition) is 2. The van der Waals surface area contributed by atoms with E-state index in [0.717, 1.165) is 23.9 Å². The average Bonchev–Trinajstić information content (AvgIpc) is 3.28. The number of phenolic OH excluding ortho intramolecular Hbond substituents is 1. The lowest BCUT2D eigenvalue weighted by Gasteiger charge is -2.07. The minimum atomic E-state index is -4.45. The Kier molecular flexibility index (Phi) is 5.13. The van der Waals surface area contributed by atoms with E-state index in [2.05, 4.69) is 10.3 Å². The molecule has 0 aliphatic carbocycles. The number of aromatic hydroxyl groups is 1. The molecule has 152 valence electrons. The van der Waals surface area contributed by atoms with E-state index in [4.69, 9.17) is 4.42 Å². The van der Waals surface area contributed by atoms with Crippen molar-refractivity contribution < 1.29 is 27.5 Å². The van der Waals surface area contributed by atoms with E-state index in [0.29, 0.717) is 16.4 Å². The van der Waals surface area contributed by atoms with Crippen molar-refractivity contribution in [2.45, 2.75) is 6.18 Å². The second-order valence-electron chi connectivity index (χ2n) is 6.28. The van der Waals surface area contributed by atoms with Crippen molar-refractivity contribution in [3.63, 3.8) is 0 Å². The number of hydrogen-bond acceptors (Lipinski definition) is 5. The molecule has 0 bridgehead atoms. The zero-order chi connectivity index (χ0) is 21.3. The van der Waals surface area contributed by atoms with Crippen LogP contribution in [0.25, 0.3) is 17.4 Å². The Morgan fingerprint density at radius 3 is 2.63 bits per heavy atom. The Morgan fingerprint density at radius 1 is 1.07 bits per heavy atom. The molecule has 1 aliphatic heterocycles. The van der Waals surface area contributed by atoms with Crippen LogP contribution < -0.4 is 5.32 Å². The monoisotopic (exact) mass is 430 g/mol. The molecule has 1 fully saturated rings. The fourth-order valence-corrected chi connectivity index (χ4v) is 3.48. The van der Waals surface area contributed by atoms with Gasteiger partial charge in [0.25, 0.3) is 5.24 Å². The van der Waals surface area contributed by atoms with Gasteiger partial charge >= 0.3 is 6.18 Å². The van der Waals surface area contributed by atoms with Gasteiger partial charge in [-0.25, -0.2) is 4.99 Å². The van der Waals surface area contributed by atoms with E-state index >= 15 is 0 Å². The molecule has 0 spiro atoms. The Bertz CT molecular complexity index is 1180. The van der Waals surface area contributed by atoms with Crippen LogP contribution in [-0.4, -0.2) is 16.2 Å². The minimum Gasteiger partial charge on any atom is -0.508 e. The number of alkyl halides is 3. The van der Waals surface area contributed by atoms with Gasteiger partial charge in [0.15, 0.2) is 0 Å². The maximum Gasteiger partial charge on any atom is 0.416 e. The van der Waals surface area contributed by atoms with E-state index in [1.54, 1.807) is 30.3 Å². The first-order valence-corrected chi connectivity index (χ1v) is 9.46. The third-order valence-corrected chi connectivity index (χ3v) is 4.92. The molecule has 2 heterocycles. The molecule has 5 nitrogen and oxygen atoms in total. The molecule has 2 aromatic carbocycles. The van der Waals surface area contributed by atoms with Crippen LogP contribution in [0, 0.1) is 0 Å². The minimum absolute atomic E-state index is 0.0381. The quantitative estimate of drug-likeness (QED) is 0.519. The van der Waals surface area contributed by atoms with Gasteiger partial charge < -0.3 is 14.8 Å². The third kappa shape index (κ3) is 4.41. The highest BCUT2D eigenvalue weighted by Gasteiger charge is 2.30. The van der Waals surface area contributed by atoms with Crippen molar-refractivity contribution in [3.05, 3.63) is 76.9 Å². The number of nitrogens with one attached hydrogen (secondary N) is 1. The summed E-state index contributed by atoms with van der Waals surface area (Å²) < 4.78 is 44.5. The lowest BCUT2D eigenvalue weighted by Crippen LogP contribution is -2.18. The average molecular weight is 430 g/mol. The number of amidine groups is 1. The number of benzene rings is 2. The molecule has 3 aromatic rings. The van der Waals surface area contributed by atoms with Crippen LogP contribution in [0.4, 0.5) is 23.7 Å². The van der Waals surface area contributed by atoms with Crippen molar-refractivity contribution in [3.8, 4) is 17.1 Å². The number of halogens is 3. The van der Waals surface area contributed by atoms with Gasteiger partial charge in [0.05, 0.1) is 16.2 Å². The van der Waals surface area contributed by atoms with Crippen molar-refractivity contribution in [1.29, 1.82) is 0 Å². The Labute approximate surface area is 172 Å². The number of furan rings is 1. The van der Waals surface area contributed by atoms with E-state index in [-0.39, 0.29) is 28.1 Å². The van der Waals surface area contributed by atoms with Gasteiger partial charge in [-0.2, -0.15) is 13.2 Å². The molecule has 0 radical (unpaired) electrons. The molecule has 1 aliphatic rings. The van der Waals surface area contributed by atoms with Crippen LogP contribution in [0.2, 0.25) is 0 Å². The second-order valence-corrected chi connectivity index (χ2v) is 7.30. The number of thioether (sulfide) groups is 1. The van der Waals surface area contributed by atoms with E-state index in [1.807, 2.05) is 0 Å². The smallest absolute Gasteiger partial charge is 0.416 e. The molecule has 1 aromatic heterocycles. The van der Waals surface area contributed by atoms with Gasteiger partial charge in [0.1, 0.15) is 23.1 Å². The first-order valence-electron chi connectivity index (χ1n) is 8.64. The van der Waals surface area contributed by atoms with Crippen LogP contribution in [0.5, 0.6) is 5.75 Å². The van der Waals surface area contributed by atoms with Crippen LogP contribution in [0.1, 0.15) is 11.3 Å². The van der Waals surface area contributed by atoms with E-state index in [9.17, 15) is 23.1 Å². The maximum absolute atomic E-state index is 12.9. The van der Waals surface area contributed by atoms with Gasteiger partial charge in [-0.1, -0.05) is 18.2 Å². The summed E-state index contributed by atoms with van der Waals surface area (Å²) in [5.41, 5.74) is -0.0304. The lowest BCUT2D eigenvalue weighted by atomic mass is 10.1. The summed E-state index contributed by atoms with van der Waals surface area (Å²) >= 11 is 0.912. The third-order valence-electron chi connectivity index (χ3n) is 4.10. The first kappa shape index (κ1) is 19.8. The molecule has 1 amide bonds. The van der Waals surface area contributed by atoms with Crippen molar-refractivity contribution in [1.82, 2.24) is 5.32 Å². The van der Waals surface area contributed by atoms with Gasteiger partial charge in [0.2, 0.25) is 0 Å². The summed E-state index contributed by atoms with van der Waals surface area (Å²) in [6.07, 6.45) is -2.88. The molecule has 30 heavy (non-hydrogen) atoms. The topological polar surface area (TPSA) is 74.8 Å². The fraction of sp³-hybridized carbons (Fsp3) is 0.0476. The van der Waals surface area contributed by atoms with Gasteiger partial charge in [0, 0.05) is 11.6 Å². The van der Waals surface area contributed by atoms with Gasteiger partial charge in [-0.05, 0) is 54.2 Å². The van der Waals surface area contributed by atoms with E-state index < -0.39 is 11.7 Å². The number of rotatable bonds is 3. The number of phenols is 1. The Balaban J connectivity index is 1.64. The summed E-state index contributed by atoms with van der Waals surface area (Å²) in [5.74, 6) is 0.940. The summed E-state index contributed by atoms with van der Waals surface area (Å²) in [5, 5.41) is 11.8. The highest BCUT2D eigenvalue weighted by atomic mass is 32.2. The molecule has 2 N–H and O–H groups in total. The first-order chi connectivity index (χ1) is 14.3. The lowest BCUT2D eigenvalue weighted by molar-refractivity contribution is -0.137. The molecule has 4 rings (SSSR count). The molecule has 0 unspecified atom stereocenters. The highest BCUT2D eigenvalue weighted by molar-refractivity contribution is 8.18. The standard InChI is InChI=1S/C21H13F3N2O3S/c22-21(23,24)13-4-1-3-12(9-13)17-8-7-16(29-17)11-18-19(26-20(28)30-18)25-14-5-2-6-15(27)10-14/h1-11,27H,(H,25,26,28)/b18-11-. The number of nitrogens with zero attached hydrogens (tertiary/aromatic N) is 1. The van der Waals surface area contributed by atoms with Crippen molar-refractivity contribution in [2.24, 2.45) is 4.99 Å². The largest absolute Gasteiger partial charge is 0.508 e. The Hall–Kier alpha value is -3.46. The fourth-order valence-electron chi connectivity index (χ4n) is 2.77. The van der Waals surface area contributed by atoms with Crippen LogP contribution in [0.3, 0.4) is 0 Å². The maximum atomic E-state index is 12.9. The molecule has 0 atom stereocenters. The van der Waals surface area contributed by atoms with Crippen molar-refractivity contribution in [2.75, 3.05) is 0 Å². The second kappa shape index (κ2) is 7.75. The normalized spacial score (nSPS) is 17.0. The van der Waals surface area contributed by atoms with E-state index in [1.165, 1.54) is 24.3 Å². The summed E-state index contributed by atoms with van der Waals surface area (Å²) in [4.78, 5) is 16.6. The number of carbonyl (C=O) groups excluding carboxylic acids is 1. The molecule has 9 heteroatoms. The zero-order valence-electron chi connectivity index (χ0n) is 15.1. The van der Waals surface area contributed by atoms with Crippen LogP contribution in [0.15, 0.2) is 75.0 Å². The molecule has 1 saturated heterocycles. The zero-order valence-corrected chi connectivity index (χ0v) is 15.9. The number of amides is 1. The van der Waals surface area contributed by atoms with Gasteiger partial charge in [-0.3, -0.25) is 4.79 Å². The highest BCUT2D eigenvalue weighted by Crippen LogP contribution is 2.34. The molecule has 0 saturated carbocycles. The molecular weight excluding hydrogens is 417 g/mol. The summed E-state index contributed by atoms with van der Waals surface area (Å²) in [6, 6.07) is 14.2. The predicted molar refractivity (Wildman–Crippen MR) is 108 cm³/mol. The summed E-state index contributed by atoms with van der Waals surface area (Å²) in [6.45, 7) is 0. The number of carbonyl (C=O) groups is 1. The number of aliphatic imine (C=N–C) groups is 1. The SMILES string of the molecule is O=C1NC(=Nc2cccc(O)c2)/C(=C/c2ccc(-c3cccc(C(F)(F)F)c3)o2)S1. The summed E-state index contributed by atoms with van der Waals surface area (Å²) in [7, 11) is 0. The Morgan fingerprint density at radius 2 is 1.87 bits per heavy atom. The van der Waals surface area contributed by atoms with Crippen LogP contribution in [-0.2, 0) is 6.18 Å². The predicted octanol–water partition coefficient (Wildman–Crippen LogP) is 6.20. The van der Waals surface area contributed by atoms with Gasteiger partial charge in [-0.15, -0.1) is 0 Å². The van der Waals surface area contributed by atoms with Crippen molar-refractivity contribution >= 4 is 34.6 Å².